The molecule has 0 fully saturated rings. The summed E-state index contributed by atoms with van der Waals surface area (Å²) in [6.07, 6.45) is 0. The van der Waals surface area contributed by atoms with Crippen molar-refractivity contribution in [3.63, 3.8) is 0 Å². The van der Waals surface area contributed by atoms with Crippen LogP contribution in [0.4, 0.5) is 0 Å². The summed E-state index contributed by atoms with van der Waals surface area (Å²) in [5.41, 5.74) is 24.8. The summed E-state index contributed by atoms with van der Waals surface area (Å²) in [5.74, 6) is 0. The van der Waals surface area contributed by atoms with Gasteiger partial charge in [0.2, 0.25) is 0 Å². The van der Waals surface area contributed by atoms with Gasteiger partial charge in [0.15, 0.2) is 0 Å². The maximum Gasteiger partial charge on any atom is 0.0541 e. The molecule has 0 N–H and O–H groups in total. The van der Waals surface area contributed by atoms with Crippen molar-refractivity contribution >= 4 is 43.6 Å². The number of nitrogens with zero attached hydrogens (tertiary/aromatic N) is 2. The van der Waals surface area contributed by atoms with E-state index in [4.69, 9.17) is 0 Å². The van der Waals surface area contributed by atoms with E-state index in [2.05, 4.69) is 316 Å². The van der Waals surface area contributed by atoms with Crippen LogP contribution < -0.4 is 0 Å². The van der Waals surface area contributed by atoms with E-state index in [1.807, 2.05) is 0 Å². The molecule has 9 aromatic carbocycles. The SMILES string of the molecule is CC(C)(C)c1ccc(-n2c3ccccc3c3cc(-c4cc(-c5cc(C(C)(C)C)cc(C(C)(C)C)c5)c(-c5ccc6c(c5)c5ccccc5n6-c5ccc(C(C)(C)C)cc5)cc4-c4cc(C(C)(C)C)cc(C(C)(C)C)c4)ccc32)cc1. The summed E-state index contributed by atoms with van der Waals surface area (Å²) in [6.45, 7) is 42.0. The van der Waals surface area contributed by atoms with Crippen molar-refractivity contribution in [3.8, 4) is 55.9 Å². The van der Waals surface area contributed by atoms with E-state index in [0.717, 1.165) is 0 Å². The molecular formula is C78H84N2. The minimum atomic E-state index is -0.0756. The summed E-state index contributed by atoms with van der Waals surface area (Å²) in [7, 11) is 0. The first-order valence-electron chi connectivity index (χ1n) is 29.2. The third kappa shape index (κ3) is 10.0. The number of hydrogen-bond acceptors (Lipinski definition) is 0. The molecule has 2 aromatic heterocycles. The number of para-hydroxylation sites is 2. The monoisotopic (exact) mass is 1050 g/mol. The number of fused-ring (bicyclic) bond motifs is 6. The zero-order chi connectivity index (χ0) is 57.2. The molecule has 0 spiro atoms. The van der Waals surface area contributed by atoms with Crippen LogP contribution in [-0.2, 0) is 32.5 Å². The van der Waals surface area contributed by atoms with Gasteiger partial charge in [0.1, 0.15) is 0 Å². The lowest BCUT2D eigenvalue weighted by atomic mass is 9.76. The Balaban J connectivity index is 1.25. The first-order chi connectivity index (χ1) is 37.4. The highest BCUT2D eigenvalue weighted by atomic mass is 15.0. The average Bonchev–Trinajstić information content (AvgIpc) is 4.03. The van der Waals surface area contributed by atoms with Crippen molar-refractivity contribution in [2.24, 2.45) is 0 Å². The van der Waals surface area contributed by atoms with Crippen LogP contribution in [0.1, 0.15) is 158 Å². The van der Waals surface area contributed by atoms with Gasteiger partial charge in [-0.05, 0) is 183 Å². The minimum Gasteiger partial charge on any atom is -0.309 e. The minimum absolute atomic E-state index is 0.0648. The number of hydrogen-bond donors (Lipinski definition) is 0. The Morgan fingerprint density at radius 2 is 0.487 bits per heavy atom. The van der Waals surface area contributed by atoms with Crippen molar-refractivity contribution in [2.45, 2.75) is 157 Å². The van der Waals surface area contributed by atoms with Crippen LogP contribution in [0.15, 0.2) is 182 Å². The highest BCUT2D eigenvalue weighted by molar-refractivity contribution is 6.13. The lowest BCUT2D eigenvalue weighted by Crippen LogP contribution is -2.16. The van der Waals surface area contributed by atoms with Crippen LogP contribution in [0.2, 0.25) is 0 Å². The van der Waals surface area contributed by atoms with Gasteiger partial charge in [-0.1, -0.05) is 234 Å². The quantitative estimate of drug-likeness (QED) is 0.157. The fourth-order valence-corrected chi connectivity index (χ4v) is 11.9. The fraction of sp³-hybridized carbons (Fsp3) is 0.308. The highest BCUT2D eigenvalue weighted by Crippen LogP contribution is 2.48. The molecule has 0 radical (unpaired) electrons. The van der Waals surface area contributed by atoms with E-state index >= 15 is 0 Å². The Labute approximate surface area is 478 Å². The Kier molecular flexibility index (Phi) is 13.0. The maximum absolute atomic E-state index is 2.56. The topological polar surface area (TPSA) is 9.86 Å². The molecule has 2 nitrogen and oxygen atoms in total. The standard InChI is InChI=1S/C78H84N2/c1-73(2,3)53-29-33-59(34-30-53)79-69-25-21-19-23-61(69)67-43-49(27-37-71(67)79)63-47-66(52-41-57(77(13,14)15)46-58(42-52)78(16,17)18)64(48-65(63)51-39-55(75(7,8)9)45-56(40-51)76(10,11)12)50-28-38-72-68(44-50)62-24-20-22-26-70(62)80(72)60-35-31-54(32-36-60)74(4,5)6/h19-48H,1-18H3. The number of aromatic nitrogens is 2. The first kappa shape index (κ1) is 54.5. The van der Waals surface area contributed by atoms with Gasteiger partial charge >= 0.3 is 0 Å². The Morgan fingerprint density at radius 1 is 0.212 bits per heavy atom. The van der Waals surface area contributed by atoms with E-state index in [9.17, 15) is 0 Å². The normalized spacial score (nSPS) is 13.1. The highest BCUT2D eigenvalue weighted by Gasteiger charge is 2.28. The molecule has 0 atom stereocenters. The van der Waals surface area contributed by atoms with Crippen LogP contribution in [-0.4, -0.2) is 9.13 Å². The molecule has 11 rings (SSSR count). The van der Waals surface area contributed by atoms with Crippen LogP contribution in [0.25, 0.3) is 99.5 Å². The van der Waals surface area contributed by atoms with Gasteiger partial charge in [-0.15, -0.1) is 0 Å². The van der Waals surface area contributed by atoms with Crippen molar-refractivity contribution in [2.75, 3.05) is 0 Å². The van der Waals surface area contributed by atoms with Gasteiger partial charge in [-0.25, -0.2) is 0 Å². The Bertz CT molecular complexity index is 3840. The van der Waals surface area contributed by atoms with Gasteiger partial charge in [0.25, 0.3) is 0 Å². The van der Waals surface area contributed by atoms with Gasteiger partial charge in [0, 0.05) is 32.9 Å². The van der Waals surface area contributed by atoms with E-state index in [1.54, 1.807) is 0 Å². The molecule has 0 aliphatic heterocycles. The second kappa shape index (κ2) is 19.1. The van der Waals surface area contributed by atoms with Gasteiger partial charge in [0.05, 0.1) is 22.1 Å². The molecule has 0 aliphatic carbocycles. The second-order valence-electron chi connectivity index (χ2n) is 29.3. The molecule has 0 saturated carbocycles. The molecule has 0 aliphatic rings. The summed E-state index contributed by atoms with van der Waals surface area (Å²) >= 11 is 0. The number of rotatable bonds is 6. The molecule has 0 bridgehead atoms. The summed E-state index contributed by atoms with van der Waals surface area (Å²) in [5, 5.41) is 4.98. The predicted octanol–water partition coefficient (Wildman–Crippen LogP) is 22.3. The lowest BCUT2D eigenvalue weighted by Gasteiger charge is -2.28. The predicted molar refractivity (Wildman–Crippen MR) is 349 cm³/mol. The van der Waals surface area contributed by atoms with Crippen LogP contribution in [0.3, 0.4) is 0 Å². The maximum atomic E-state index is 2.56. The third-order valence-corrected chi connectivity index (χ3v) is 17.1. The molecule has 0 unspecified atom stereocenters. The van der Waals surface area contributed by atoms with E-state index in [1.165, 1.54) is 133 Å². The lowest BCUT2D eigenvalue weighted by molar-refractivity contribution is 0.568. The third-order valence-electron chi connectivity index (χ3n) is 17.1. The van der Waals surface area contributed by atoms with Crippen molar-refractivity contribution in [3.05, 3.63) is 215 Å². The van der Waals surface area contributed by atoms with Crippen LogP contribution >= 0.6 is 0 Å². The molecular weight excluding hydrogens is 965 g/mol. The van der Waals surface area contributed by atoms with Crippen molar-refractivity contribution in [1.82, 2.24) is 9.13 Å². The van der Waals surface area contributed by atoms with Gasteiger partial charge < -0.3 is 9.13 Å². The molecule has 0 amide bonds. The Morgan fingerprint density at radius 3 is 0.787 bits per heavy atom. The molecule has 80 heavy (non-hydrogen) atoms. The molecule has 2 heteroatoms. The molecule has 406 valence electrons. The van der Waals surface area contributed by atoms with E-state index < -0.39 is 0 Å². The van der Waals surface area contributed by atoms with Gasteiger partial charge in [-0.3, -0.25) is 0 Å². The van der Waals surface area contributed by atoms with Crippen LogP contribution in [0.5, 0.6) is 0 Å². The van der Waals surface area contributed by atoms with Crippen molar-refractivity contribution < 1.29 is 0 Å². The van der Waals surface area contributed by atoms with Crippen molar-refractivity contribution in [1.29, 1.82) is 0 Å². The van der Waals surface area contributed by atoms with Gasteiger partial charge in [-0.2, -0.15) is 0 Å². The molecule has 2 heterocycles. The smallest absolute Gasteiger partial charge is 0.0541 e. The molecule has 11 aromatic rings. The first-order valence-corrected chi connectivity index (χ1v) is 29.2. The van der Waals surface area contributed by atoms with Crippen LogP contribution in [0, 0.1) is 0 Å². The number of benzene rings is 9. The largest absolute Gasteiger partial charge is 0.309 e. The molecule has 0 saturated heterocycles. The Hall–Kier alpha value is -7.42. The second-order valence-corrected chi connectivity index (χ2v) is 29.3. The van der Waals surface area contributed by atoms with E-state index in [0.29, 0.717) is 0 Å². The van der Waals surface area contributed by atoms with E-state index in [-0.39, 0.29) is 32.5 Å². The average molecular weight is 1050 g/mol. The summed E-state index contributed by atoms with van der Waals surface area (Å²) in [4.78, 5) is 0. The zero-order valence-corrected chi connectivity index (χ0v) is 51.2. The summed E-state index contributed by atoms with van der Waals surface area (Å²) < 4.78 is 4.91. The zero-order valence-electron chi connectivity index (χ0n) is 51.2. The fourth-order valence-electron chi connectivity index (χ4n) is 11.9. The summed E-state index contributed by atoms with van der Waals surface area (Å²) in [6, 6.07) is 70.8.